The molecule has 3 aromatic heterocycles. The van der Waals surface area contributed by atoms with E-state index in [2.05, 4.69) is 75.8 Å². The van der Waals surface area contributed by atoms with Crippen molar-refractivity contribution >= 4 is 39.6 Å². The van der Waals surface area contributed by atoms with Gasteiger partial charge in [0.15, 0.2) is 0 Å². The molecule has 0 amide bonds. The van der Waals surface area contributed by atoms with Crippen molar-refractivity contribution in [2.75, 3.05) is 0 Å². The molecular formula is C40H36GeIrN2O-2. The molecule has 7 rings (SSSR count). The first-order chi connectivity index (χ1) is 21.6. The predicted octanol–water partition coefficient (Wildman–Crippen LogP) is 10.3. The minimum atomic E-state index is -1.72. The van der Waals surface area contributed by atoms with Gasteiger partial charge >= 0.3 is 99.8 Å². The summed E-state index contributed by atoms with van der Waals surface area (Å²) in [6.07, 6.45) is 3.80. The van der Waals surface area contributed by atoms with E-state index in [9.17, 15) is 0 Å². The molecule has 3 heterocycles. The Morgan fingerprint density at radius 2 is 1.56 bits per heavy atom. The molecule has 7 aromatic rings. The Morgan fingerprint density at radius 3 is 2.24 bits per heavy atom. The molecular weight excluding hydrogens is 789 g/mol. The monoisotopic (exact) mass is 828 g/mol. The number of fused-ring (bicyclic) bond motifs is 3. The maximum atomic E-state index is 8.32. The number of furan rings is 1. The van der Waals surface area contributed by atoms with E-state index in [1.54, 1.807) is 6.20 Å². The topological polar surface area (TPSA) is 38.9 Å². The van der Waals surface area contributed by atoms with Crippen molar-refractivity contribution in [1.82, 2.24) is 9.97 Å². The van der Waals surface area contributed by atoms with Gasteiger partial charge in [0.1, 0.15) is 5.58 Å². The Labute approximate surface area is 283 Å². The summed E-state index contributed by atoms with van der Waals surface area (Å²) in [4.78, 5) is 9.06. The standard InChI is InChI=1S/C26H20NO.C14H16GeN.Ir/c1-17(2)19-13-14-27-23(16-19)20-11-12-24-22(15-20)26-21(9-6-10-25(26)28-24)18-7-4-3-5-8-18;1-15(2,3)13-9-10-14(16-11-13)12-7-5-4-6-8-12;/h3-10,12-17H,1-2H3;4-7,9-11H,1-3H3;/q2*-1;/i17D;;. The molecule has 1 radical (unpaired) electrons. The molecule has 5 heteroatoms. The molecule has 0 spiro atoms. The average Bonchev–Trinajstić information content (AvgIpc) is 3.43. The van der Waals surface area contributed by atoms with Gasteiger partial charge in [-0.2, -0.15) is 0 Å². The third-order valence-electron chi connectivity index (χ3n) is 7.74. The van der Waals surface area contributed by atoms with E-state index >= 15 is 0 Å². The van der Waals surface area contributed by atoms with Crippen LogP contribution in [0.5, 0.6) is 0 Å². The van der Waals surface area contributed by atoms with Crippen LogP contribution in [-0.2, 0) is 20.1 Å². The molecule has 4 aromatic carbocycles. The van der Waals surface area contributed by atoms with Gasteiger partial charge < -0.3 is 9.40 Å². The van der Waals surface area contributed by atoms with E-state index in [0.29, 0.717) is 0 Å². The summed E-state index contributed by atoms with van der Waals surface area (Å²) in [7, 11) is 0. The second kappa shape index (κ2) is 14.1. The van der Waals surface area contributed by atoms with E-state index < -0.39 is 19.2 Å². The molecule has 0 fully saturated rings. The molecule has 0 N–H and O–H groups in total. The Kier molecular flexibility index (Phi) is 9.75. The number of hydrogen-bond donors (Lipinski definition) is 0. The van der Waals surface area contributed by atoms with Crippen LogP contribution in [0.3, 0.4) is 0 Å². The molecule has 3 nitrogen and oxygen atoms in total. The predicted molar refractivity (Wildman–Crippen MR) is 187 cm³/mol. The Bertz CT molecular complexity index is 2060. The van der Waals surface area contributed by atoms with Gasteiger partial charge in [-0.05, 0) is 34.8 Å². The fourth-order valence-corrected chi connectivity index (χ4v) is 7.39. The zero-order valence-electron chi connectivity index (χ0n) is 27.2. The number of nitrogens with zero attached hydrogens (tertiary/aromatic N) is 2. The summed E-state index contributed by atoms with van der Waals surface area (Å²) in [5.41, 5.74) is 8.69. The van der Waals surface area contributed by atoms with Crippen LogP contribution in [0.1, 0.15) is 26.7 Å². The summed E-state index contributed by atoms with van der Waals surface area (Å²) in [6, 6.07) is 43.2. The molecule has 0 aliphatic heterocycles. The van der Waals surface area contributed by atoms with Crippen LogP contribution >= 0.6 is 0 Å². The Balaban J connectivity index is 0.000000209. The van der Waals surface area contributed by atoms with E-state index in [-0.39, 0.29) is 20.1 Å². The fraction of sp³-hybridized carbons (Fsp3) is 0.150. The minimum Gasteiger partial charge on any atom is 0 e. The number of benzene rings is 4. The van der Waals surface area contributed by atoms with Crippen molar-refractivity contribution in [3.05, 3.63) is 139 Å². The van der Waals surface area contributed by atoms with Gasteiger partial charge in [0.2, 0.25) is 0 Å². The summed E-state index contributed by atoms with van der Waals surface area (Å²) >= 11 is -1.72. The second-order valence-corrected chi connectivity index (χ2v) is 22.8. The smallest absolute Gasteiger partial charge is 0 e. The van der Waals surface area contributed by atoms with Crippen LogP contribution in [0.15, 0.2) is 126 Å². The maximum absolute atomic E-state index is 8.32. The molecule has 0 aliphatic carbocycles. The van der Waals surface area contributed by atoms with E-state index in [1.165, 1.54) is 4.40 Å². The molecule has 0 saturated heterocycles. The SMILES string of the molecule is [2H]C(C)(C)c1ccnc(-c2[c-]cc3oc4cccc(-c5ccccc5)c4c3c2)c1.[CH3][Ge]([CH3])([CH3])[c]1ccc(-c2[c-]cccc2)nc1.[Ir]. The third kappa shape index (κ3) is 7.36. The number of aromatic nitrogens is 2. The van der Waals surface area contributed by atoms with Crippen LogP contribution in [-0.4, -0.2) is 23.2 Å². The van der Waals surface area contributed by atoms with Crippen LogP contribution in [0.25, 0.3) is 55.6 Å². The summed E-state index contributed by atoms with van der Waals surface area (Å²) in [5, 5.41) is 2.14. The molecule has 0 saturated carbocycles. The largest absolute Gasteiger partial charge is 0 e. The van der Waals surface area contributed by atoms with Gasteiger partial charge in [-0.25, -0.2) is 0 Å². The third-order valence-corrected chi connectivity index (χ3v) is 12.0. The average molecular weight is 827 g/mol. The summed E-state index contributed by atoms with van der Waals surface area (Å²) < 4.78 is 15.9. The van der Waals surface area contributed by atoms with Crippen molar-refractivity contribution < 1.29 is 25.9 Å². The molecule has 0 unspecified atom stereocenters. The van der Waals surface area contributed by atoms with Crippen molar-refractivity contribution in [2.24, 2.45) is 0 Å². The first kappa shape index (κ1) is 31.2. The Morgan fingerprint density at radius 1 is 0.756 bits per heavy atom. The van der Waals surface area contributed by atoms with Gasteiger partial charge in [-0.15, -0.1) is 23.8 Å². The molecule has 45 heavy (non-hydrogen) atoms. The second-order valence-electron chi connectivity index (χ2n) is 12.2. The zero-order valence-corrected chi connectivity index (χ0v) is 30.7. The van der Waals surface area contributed by atoms with E-state index in [4.69, 9.17) is 5.79 Å². The van der Waals surface area contributed by atoms with Gasteiger partial charge in [0.05, 0.1) is 5.58 Å². The molecule has 0 atom stereocenters. The molecule has 0 bridgehead atoms. The fourth-order valence-electron chi connectivity index (χ4n) is 5.21. The van der Waals surface area contributed by atoms with Gasteiger partial charge in [0, 0.05) is 33.1 Å². The summed E-state index contributed by atoms with van der Waals surface area (Å²) in [5.74, 6) is 6.46. The zero-order chi connectivity index (χ0) is 31.6. The van der Waals surface area contributed by atoms with E-state index in [0.717, 1.165) is 61.1 Å². The molecule has 227 valence electrons. The van der Waals surface area contributed by atoms with Crippen molar-refractivity contribution in [3.8, 4) is 33.6 Å². The van der Waals surface area contributed by atoms with Crippen molar-refractivity contribution in [2.45, 2.75) is 37.0 Å². The first-order valence-electron chi connectivity index (χ1n) is 15.4. The summed E-state index contributed by atoms with van der Waals surface area (Å²) in [6.45, 7) is 3.77. The number of hydrogen-bond acceptors (Lipinski definition) is 3. The Hall–Kier alpha value is -3.83. The van der Waals surface area contributed by atoms with Crippen LogP contribution in [0, 0.1) is 12.1 Å². The van der Waals surface area contributed by atoms with E-state index in [1.807, 2.05) is 92.8 Å². The van der Waals surface area contributed by atoms with Crippen molar-refractivity contribution in [1.29, 1.82) is 0 Å². The number of rotatable bonds is 5. The van der Waals surface area contributed by atoms with Crippen LogP contribution < -0.4 is 4.40 Å². The van der Waals surface area contributed by atoms with Crippen molar-refractivity contribution in [3.63, 3.8) is 0 Å². The normalized spacial score (nSPS) is 11.8. The van der Waals surface area contributed by atoms with Crippen LogP contribution in [0.2, 0.25) is 17.3 Å². The van der Waals surface area contributed by atoms with Crippen LogP contribution in [0.4, 0.5) is 0 Å². The number of pyridine rings is 2. The van der Waals surface area contributed by atoms with Gasteiger partial charge in [-0.3, -0.25) is 0 Å². The van der Waals surface area contributed by atoms with Gasteiger partial charge in [0.25, 0.3) is 0 Å². The van der Waals surface area contributed by atoms with Gasteiger partial charge in [-0.1, -0.05) is 73.3 Å². The minimum absolute atomic E-state index is 0. The molecule has 0 aliphatic rings. The maximum Gasteiger partial charge on any atom is 0 e. The first-order valence-corrected chi connectivity index (χ1v) is 22.3. The quantitative estimate of drug-likeness (QED) is 0.128.